The first-order valence-electron chi connectivity index (χ1n) is 6.23. The summed E-state index contributed by atoms with van der Waals surface area (Å²) in [6, 6.07) is 9.82. The van der Waals surface area contributed by atoms with Gasteiger partial charge in [-0.15, -0.1) is 11.8 Å². The number of esters is 1. The number of thioether (sulfide) groups is 1. The lowest BCUT2D eigenvalue weighted by Gasteiger charge is -2.20. The molecule has 0 radical (unpaired) electrons. The topological polar surface area (TPSA) is 43.4 Å². The molecule has 4 heteroatoms. The van der Waals surface area contributed by atoms with Crippen LogP contribution in [0, 0.1) is 5.41 Å². The molecule has 0 unspecified atom stereocenters. The minimum Gasteiger partial charge on any atom is -0.469 e. The zero-order valence-corrected chi connectivity index (χ0v) is 12.5. The molecule has 0 spiro atoms. The summed E-state index contributed by atoms with van der Waals surface area (Å²) in [5.41, 5.74) is -0.595. The van der Waals surface area contributed by atoms with E-state index < -0.39 is 5.41 Å². The Morgan fingerprint density at radius 2 is 1.84 bits per heavy atom. The van der Waals surface area contributed by atoms with Crippen LogP contribution in [0.2, 0.25) is 0 Å². The van der Waals surface area contributed by atoms with Gasteiger partial charge in [0, 0.05) is 11.3 Å². The standard InChI is InChI=1S/C15H20O3S/c1-15(2,14(17)18-3)10-9-12(16)11-19-13-7-5-4-6-8-13/h4-8H,9-11H2,1-3H3. The van der Waals surface area contributed by atoms with Gasteiger partial charge < -0.3 is 4.74 Å². The Kier molecular flexibility index (Phi) is 6.09. The summed E-state index contributed by atoms with van der Waals surface area (Å²) in [4.78, 5) is 24.4. The van der Waals surface area contributed by atoms with Gasteiger partial charge in [-0.05, 0) is 32.4 Å². The lowest BCUT2D eigenvalue weighted by Crippen LogP contribution is -2.26. The van der Waals surface area contributed by atoms with Gasteiger partial charge in [-0.1, -0.05) is 18.2 Å². The first kappa shape index (κ1) is 15.8. The molecule has 0 aromatic heterocycles. The van der Waals surface area contributed by atoms with Crippen molar-refractivity contribution < 1.29 is 14.3 Å². The van der Waals surface area contributed by atoms with Gasteiger partial charge in [0.25, 0.3) is 0 Å². The summed E-state index contributed by atoms with van der Waals surface area (Å²) < 4.78 is 4.72. The van der Waals surface area contributed by atoms with E-state index in [9.17, 15) is 9.59 Å². The molecule has 0 fully saturated rings. The van der Waals surface area contributed by atoms with Crippen LogP contribution in [0.1, 0.15) is 26.7 Å². The molecule has 0 saturated carbocycles. The molecule has 0 heterocycles. The maximum Gasteiger partial charge on any atom is 0.311 e. The van der Waals surface area contributed by atoms with Gasteiger partial charge >= 0.3 is 5.97 Å². The highest BCUT2D eigenvalue weighted by Crippen LogP contribution is 2.25. The molecule has 3 nitrogen and oxygen atoms in total. The fourth-order valence-corrected chi connectivity index (χ4v) is 2.40. The summed E-state index contributed by atoms with van der Waals surface area (Å²) >= 11 is 1.53. The second-order valence-corrected chi connectivity index (χ2v) is 6.06. The zero-order chi connectivity index (χ0) is 14.3. The van der Waals surface area contributed by atoms with Gasteiger partial charge in [-0.2, -0.15) is 0 Å². The fourth-order valence-electron chi connectivity index (χ4n) is 1.58. The summed E-state index contributed by atoms with van der Waals surface area (Å²) in [7, 11) is 1.37. The number of carbonyl (C=O) groups is 2. The van der Waals surface area contributed by atoms with Crippen molar-refractivity contribution in [3.8, 4) is 0 Å². The molecule has 0 amide bonds. The largest absolute Gasteiger partial charge is 0.469 e. The summed E-state index contributed by atoms with van der Waals surface area (Å²) in [5, 5.41) is 0. The van der Waals surface area contributed by atoms with Crippen molar-refractivity contribution in [2.45, 2.75) is 31.6 Å². The van der Waals surface area contributed by atoms with Gasteiger partial charge in [0.1, 0.15) is 5.78 Å². The predicted octanol–water partition coefficient (Wildman–Crippen LogP) is 3.33. The Hall–Kier alpha value is -1.29. The van der Waals surface area contributed by atoms with E-state index in [0.717, 1.165) is 4.90 Å². The second kappa shape index (κ2) is 7.34. The van der Waals surface area contributed by atoms with Gasteiger partial charge in [0.15, 0.2) is 0 Å². The van der Waals surface area contributed by atoms with Gasteiger partial charge in [-0.3, -0.25) is 9.59 Å². The van der Waals surface area contributed by atoms with Crippen LogP contribution in [0.15, 0.2) is 35.2 Å². The second-order valence-electron chi connectivity index (χ2n) is 5.02. The zero-order valence-electron chi connectivity index (χ0n) is 11.6. The van der Waals surface area contributed by atoms with Crippen molar-refractivity contribution in [2.75, 3.05) is 12.9 Å². The van der Waals surface area contributed by atoms with Crippen LogP contribution >= 0.6 is 11.8 Å². The van der Waals surface area contributed by atoms with E-state index >= 15 is 0 Å². The molecule has 0 N–H and O–H groups in total. The van der Waals surface area contributed by atoms with E-state index in [-0.39, 0.29) is 11.8 Å². The van der Waals surface area contributed by atoms with Crippen molar-refractivity contribution in [2.24, 2.45) is 5.41 Å². The number of carbonyl (C=O) groups excluding carboxylic acids is 2. The van der Waals surface area contributed by atoms with Crippen molar-refractivity contribution in [3.63, 3.8) is 0 Å². The van der Waals surface area contributed by atoms with Crippen LogP contribution in [-0.4, -0.2) is 24.6 Å². The van der Waals surface area contributed by atoms with E-state index in [1.807, 2.05) is 30.3 Å². The van der Waals surface area contributed by atoms with E-state index in [4.69, 9.17) is 4.74 Å². The number of methoxy groups -OCH3 is 1. The predicted molar refractivity (Wildman–Crippen MR) is 77.2 cm³/mol. The number of ketones is 1. The van der Waals surface area contributed by atoms with Crippen molar-refractivity contribution >= 4 is 23.5 Å². The molecule has 1 rings (SSSR count). The number of rotatable bonds is 7. The van der Waals surface area contributed by atoms with Crippen LogP contribution in [0.25, 0.3) is 0 Å². The Balaban J connectivity index is 2.34. The number of ether oxygens (including phenoxy) is 1. The van der Waals surface area contributed by atoms with Crippen molar-refractivity contribution in [1.82, 2.24) is 0 Å². The molecule has 1 aromatic carbocycles. The Morgan fingerprint density at radius 3 is 2.42 bits per heavy atom. The third kappa shape index (κ3) is 5.47. The highest BCUT2D eigenvalue weighted by atomic mass is 32.2. The molecule has 0 atom stereocenters. The minimum atomic E-state index is -0.595. The van der Waals surface area contributed by atoms with Gasteiger partial charge in [-0.25, -0.2) is 0 Å². The van der Waals surface area contributed by atoms with E-state index in [1.165, 1.54) is 18.9 Å². The first-order chi connectivity index (χ1) is 8.95. The van der Waals surface area contributed by atoms with Crippen LogP contribution < -0.4 is 0 Å². The first-order valence-corrected chi connectivity index (χ1v) is 7.22. The third-order valence-electron chi connectivity index (χ3n) is 2.91. The number of Topliss-reactive ketones (excluding diaryl/α,β-unsaturated/α-hetero) is 1. The van der Waals surface area contributed by atoms with Gasteiger partial charge in [0.2, 0.25) is 0 Å². The van der Waals surface area contributed by atoms with Crippen molar-refractivity contribution in [3.05, 3.63) is 30.3 Å². The maximum absolute atomic E-state index is 11.8. The average molecular weight is 280 g/mol. The molecular formula is C15H20O3S. The third-order valence-corrected chi connectivity index (χ3v) is 3.98. The number of benzene rings is 1. The van der Waals surface area contributed by atoms with Crippen LogP contribution in [0.3, 0.4) is 0 Å². The Morgan fingerprint density at radius 1 is 1.21 bits per heavy atom. The number of hydrogen-bond donors (Lipinski definition) is 0. The van der Waals surface area contributed by atoms with E-state index in [0.29, 0.717) is 18.6 Å². The Bertz CT molecular complexity index is 426. The summed E-state index contributed by atoms with van der Waals surface area (Å²) in [6.45, 7) is 3.60. The summed E-state index contributed by atoms with van der Waals surface area (Å²) in [5.74, 6) is 0.336. The summed E-state index contributed by atoms with van der Waals surface area (Å²) in [6.07, 6.45) is 0.926. The minimum absolute atomic E-state index is 0.158. The van der Waals surface area contributed by atoms with Crippen LogP contribution in [-0.2, 0) is 14.3 Å². The molecule has 0 saturated heterocycles. The van der Waals surface area contributed by atoms with Crippen molar-refractivity contribution in [1.29, 1.82) is 0 Å². The van der Waals surface area contributed by atoms with Crippen LogP contribution in [0.4, 0.5) is 0 Å². The molecule has 0 aliphatic heterocycles. The molecular weight excluding hydrogens is 260 g/mol. The smallest absolute Gasteiger partial charge is 0.311 e. The average Bonchev–Trinajstić information content (AvgIpc) is 2.43. The SMILES string of the molecule is COC(=O)C(C)(C)CCC(=O)CSc1ccccc1. The molecule has 104 valence electrons. The maximum atomic E-state index is 11.8. The lowest BCUT2D eigenvalue weighted by molar-refractivity contribution is -0.151. The van der Waals surface area contributed by atoms with Crippen LogP contribution in [0.5, 0.6) is 0 Å². The Labute approximate surface area is 118 Å². The fraction of sp³-hybridized carbons (Fsp3) is 0.467. The quantitative estimate of drug-likeness (QED) is 0.567. The van der Waals surface area contributed by atoms with E-state index in [1.54, 1.807) is 13.8 Å². The normalized spacial score (nSPS) is 11.1. The molecule has 1 aromatic rings. The number of hydrogen-bond acceptors (Lipinski definition) is 4. The molecule has 0 bridgehead atoms. The molecule has 0 aliphatic carbocycles. The molecule has 19 heavy (non-hydrogen) atoms. The lowest BCUT2D eigenvalue weighted by atomic mass is 9.87. The van der Waals surface area contributed by atoms with Gasteiger partial charge in [0.05, 0.1) is 18.3 Å². The highest BCUT2D eigenvalue weighted by molar-refractivity contribution is 8.00. The highest BCUT2D eigenvalue weighted by Gasteiger charge is 2.28. The monoisotopic (exact) mass is 280 g/mol. The van der Waals surface area contributed by atoms with E-state index in [2.05, 4.69) is 0 Å². The molecule has 0 aliphatic rings.